The summed E-state index contributed by atoms with van der Waals surface area (Å²) in [4.78, 5) is 45.6. The quantitative estimate of drug-likeness (QED) is 0.145. The Hall–Kier alpha value is -4.71. The minimum Gasteiger partial charge on any atom is -0.489 e. The number of hydrogen-bond acceptors (Lipinski definition) is 10. The lowest BCUT2D eigenvalue weighted by Gasteiger charge is -2.31. The maximum absolute atomic E-state index is 14.7. The molecule has 17 heteroatoms. The molecule has 46 heavy (non-hydrogen) atoms. The Morgan fingerprint density at radius 3 is 2.46 bits per heavy atom. The number of aliphatic hydroxyl groups excluding tert-OH is 1. The molecular weight excluding hydrogens is 636 g/mol. The highest BCUT2D eigenvalue weighted by atomic mass is 32.1. The largest absolute Gasteiger partial charge is 0.489 e. The van der Waals surface area contributed by atoms with Gasteiger partial charge in [-0.05, 0) is 55.5 Å². The number of alkyl halides is 3. The number of nitrogens with two attached hydrogens (primary N) is 2. The Kier molecular flexibility index (Phi) is 8.45. The van der Waals surface area contributed by atoms with Crippen LogP contribution in [0.4, 0.5) is 22.7 Å². The number of aromatic nitrogens is 2. The number of fused-ring (bicyclic) bond motifs is 2. The molecule has 8 N–H and O–H groups in total. The second-order valence-corrected chi connectivity index (χ2v) is 11.8. The molecule has 0 saturated heterocycles. The highest BCUT2D eigenvalue weighted by Gasteiger charge is 2.57. The first-order chi connectivity index (χ1) is 21.6. The van der Waals surface area contributed by atoms with E-state index in [1.54, 1.807) is 0 Å². The van der Waals surface area contributed by atoms with Crippen molar-refractivity contribution >= 4 is 44.4 Å². The molecular formula is C29H26F4N6O6S. The molecule has 0 saturated carbocycles. The van der Waals surface area contributed by atoms with Gasteiger partial charge in [0.25, 0.3) is 5.91 Å². The van der Waals surface area contributed by atoms with Gasteiger partial charge in [0.05, 0.1) is 29.1 Å². The number of nitrogens with one attached hydrogen (secondary N) is 2. The predicted octanol–water partition coefficient (Wildman–Crippen LogP) is 2.07. The molecule has 0 spiro atoms. The average Bonchev–Trinajstić information content (AvgIpc) is 3.58. The molecule has 1 aliphatic rings. The van der Waals surface area contributed by atoms with Crippen LogP contribution in [-0.2, 0) is 20.6 Å². The number of nitrogens with zero attached hydrogens (tertiary/aromatic N) is 2. The maximum atomic E-state index is 14.7. The van der Waals surface area contributed by atoms with Gasteiger partial charge in [-0.25, -0.2) is 14.4 Å². The first-order valence-corrected chi connectivity index (χ1v) is 14.3. The fourth-order valence-corrected chi connectivity index (χ4v) is 5.56. The van der Waals surface area contributed by atoms with Gasteiger partial charge in [-0.15, -0.1) is 0 Å². The molecule has 3 atom stereocenters. The van der Waals surface area contributed by atoms with Crippen LogP contribution in [0.25, 0.3) is 21.5 Å². The van der Waals surface area contributed by atoms with Crippen LogP contribution in [0.3, 0.4) is 0 Å². The molecule has 242 valence electrons. The molecule has 5 rings (SSSR count). The zero-order chi connectivity index (χ0) is 33.6. The number of amides is 3. The van der Waals surface area contributed by atoms with Crippen LogP contribution in [0.2, 0.25) is 0 Å². The van der Waals surface area contributed by atoms with E-state index in [0.717, 1.165) is 29.5 Å². The van der Waals surface area contributed by atoms with Crippen LogP contribution < -0.4 is 26.8 Å². The Morgan fingerprint density at radius 1 is 1.13 bits per heavy atom. The first kappa shape index (κ1) is 32.7. The van der Waals surface area contributed by atoms with E-state index in [1.165, 1.54) is 37.3 Å². The average molecular weight is 663 g/mol. The number of aliphatic hydroxyl groups is 2. The summed E-state index contributed by atoms with van der Waals surface area (Å²) in [5, 5.41) is 24.9. The lowest BCUT2D eigenvalue weighted by molar-refractivity contribution is -0.265. The summed E-state index contributed by atoms with van der Waals surface area (Å²) in [5.74, 6) is -3.28. The Labute approximate surface area is 261 Å². The topological polar surface area (TPSA) is 203 Å². The Morgan fingerprint density at radius 2 is 1.83 bits per heavy atom. The van der Waals surface area contributed by atoms with Gasteiger partial charge in [0.2, 0.25) is 17.4 Å². The van der Waals surface area contributed by atoms with Gasteiger partial charge in [0, 0.05) is 16.7 Å². The van der Waals surface area contributed by atoms with Crippen molar-refractivity contribution in [3.05, 3.63) is 71.2 Å². The maximum Gasteiger partial charge on any atom is 0.424 e. The smallest absolute Gasteiger partial charge is 0.424 e. The van der Waals surface area contributed by atoms with Crippen LogP contribution in [-0.4, -0.2) is 69.9 Å². The molecule has 2 aromatic heterocycles. The molecule has 3 amide bonds. The van der Waals surface area contributed by atoms with Crippen LogP contribution in [0, 0.1) is 5.82 Å². The van der Waals surface area contributed by atoms with E-state index in [2.05, 4.69) is 20.6 Å². The van der Waals surface area contributed by atoms with Crippen molar-refractivity contribution in [1.29, 1.82) is 0 Å². The number of carbonyl (C=O) groups is 3. The monoisotopic (exact) mass is 662 g/mol. The third-order valence-corrected chi connectivity index (χ3v) is 8.48. The molecule has 12 nitrogen and oxygen atoms in total. The fraction of sp³-hybridized carbons (Fsp3) is 0.276. The van der Waals surface area contributed by atoms with Crippen LogP contribution in [0.1, 0.15) is 28.5 Å². The predicted molar refractivity (Wildman–Crippen MR) is 157 cm³/mol. The summed E-state index contributed by atoms with van der Waals surface area (Å²) >= 11 is 0.951. The number of rotatable bonds is 9. The molecule has 0 radical (unpaired) electrons. The minimum atomic E-state index is -5.39. The first-order valence-electron chi connectivity index (χ1n) is 13.5. The van der Waals surface area contributed by atoms with E-state index in [4.69, 9.17) is 21.3 Å². The molecule has 1 unspecified atom stereocenters. The van der Waals surface area contributed by atoms with E-state index in [1.807, 2.05) is 0 Å². The normalized spacial score (nSPS) is 17.9. The molecule has 0 bridgehead atoms. The Bertz CT molecular complexity index is 1850. The minimum absolute atomic E-state index is 0.0584. The fourth-order valence-electron chi connectivity index (χ4n) is 4.65. The number of carbonyl (C=O) groups excluding carboxylic acids is 3. The number of primary amides is 1. The standard InChI is InChI=1S/C29H26F4N6O6S/c1-27(25(35)43)12-45-22-16(27)9-20(38-21(22)13-2-5-15(30)6-3-13)28(44,29(31,32)33)11-36-23(41)14-4-7-18-19(8-14)46-26(37-18)39-24(42)17(34)10-40/h2-9,17,40,44H,10-12,34H2,1H3,(H2,35,43)(H,36,41)(H,37,39,42)/t17-,27+,28?/m1/s1. The van der Waals surface area contributed by atoms with Gasteiger partial charge in [0.15, 0.2) is 5.13 Å². The molecule has 4 aromatic rings. The Balaban J connectivity index is 1.49. The SMILES string of the molecule is C[C@]1(C(N)=O)COc2c1cc(C(O)(CNC(=O)c1ccc3nc(NC(=O)[C@H](N)CO)sc3c1)C(F)(F)F)nc2-c1ccc(F)cc1. The highest BCUT2D eigenvalue weighted by Crippen LogP contribution is 2.47. The number of ether oxygens (including phenoxy) is 1. The van der Waals surface area contributed by atoms with Crippen molar-refractivity contribution in [3.63, 3.8) is 0 Å². The third kappa shape index (κ3) is 5.84. The lowest BCUT2D eigenvalue weighted by Crippen LogP contribution is -2.51. The summed E-state index contributed by atoms with van der Waals surface area (Å²) in [5.41, 5.74) is 4.85. The van der Waals surface area contributed by atoms with Crippen LogP contribution in [0.15, 0.2) is 48.5 Å². The molecule has 2 aromatic carbocycles. The molecule has 0 fully saturated rings. The van der Waals surface area contributed by atoms with Gasteiger partial charge in [-0.2, -0.15) is 13.2 Å². The zero-order valence-electron chi connectivity index (χ0n) is 23.8. The summed E-state index contributed by atoms with van der Waals surface area (Å²) in [7, 11) is 0. The molecule has 1 aliphatic heterocycles. The lowest BCUT2D eigenvalue weighted by atomic mass is 9.81. The number of anilines is 1. The number of thiazole rings is 1. The van der Waals surface area contributed by atoms with Gasteiger partial charge in [-0.1, -0.05) is 11.3 Å². The van der Waals surface area contributed by atoms with E-state index in [9.17, 15) is 37.1 Å². The van der Waals surface area contributed by atoms with E-state index in [0.29, 0.717) is 10.2 Å². The molecule has 0 aliphatic carbocycles. The molecule has 3 heterocycles. The van der Waals surface area contributed by atoms with Crippen LogP contribution >= 0.6 is 11.3 Å². The summed E-state index contributed by atoms with van der Waals surface area (Å²) in [6.45, 7) is -0.948. The third-order valence-electron chi connectivity index (χ3n) is 7.55. The number of benzene rings is 2. The van der Waals surface area contributed by atoms with Crippen molar-refractivity contribution in [2.24, 2.45) is 11.5 Å². The van der Waals surface area contributed by atoms with E-state index >= 15 is 0 Å². The van der Waals surface area contributed by atoms with E-state index in [-0.39, 0.29) is 39.9 Å². The second kappa shape index (κ2) is 11.9. The zero-order valence-corrected chi connectivity index (χ0v) is 24.6. The van der Waals surface area contributed by atoms with Crippen molar-refractivity contribution < 1.29 is 46.9 Å². The number of halogens is 4. The summed E-state index contributed by atoms with van der Waals surface area (Å²) in [6, 6.07) is 8.27. The second-order valence-electron chi connectivity index (χ2n) is 10.7. The van der Waals surface area contributed by atoms with Crippen molar-refractivity contribution in [3.8, 4) is 17.0 Å². The highest BCUT2D eigenvalue weighted by molar-refractivity contribution is 7.22. The summed E-state index contributed by atoms with van der Waals surface area (Å²) < 4.78 is 63.6. The van der Waals surface area contributed by atoms with Crippen molar-refractivity contribution in [2.45, 2.75) is 30.2 Å². The number of pyridine rings is 1. The van der Waals surface area contributed by atoms with Crippen LogP contribution in [0.5, 0.6) is 5.75 Å². The van der Waals surface area contributed by atoms with Gasteiger partial charge in [0.1, 0.15) is 35.3 Å². The van der Waals surface area contributed by atoms with Gasteiger partial charge in [-0.3, -0.25) is 14.4 Å². The van der Waals surface area contributed by atoms with Gasteiger partial charge < -0.3 is 37.1 Å². The van der Waals surface area contributed by atoms with Crippen molar-refractivity contribution in [2.75, 3.05) is 25.1 Å². The number of hydrogen-bond donors (Lipinski definition) is 6. The van der Waals surface area contributed by atoms with E-state index < -0.39 is 65.6 Å². The summed E-state index contributed by atoms with van der Waals surface area (Å²) in [6.07, 6.45) is -5.39. The van der Waals surface area contributed by atoms with Gasteiger partial charge >= 0.3 is 6.18 Å². The van der Waals surface area contributed by atoms with Crippen molar-refractivity contribution in [1.82, 2.24) is 15.3 Å².